The van der Waals surface area contributed by atoms with Gasteiger partial charge in [0.25, 0.3) is 0 Å². The minimum atomic E-state index is -0.733. The normalized spacial score (nSPS) is 24.9. The smallest absolute Gasteiger partial charge is 0.242 e. The number of carbonyl (C=O) groups excluding carboxylic acids is 3. The fraction of sp³-hybridized carbons (Fsp3) is 0.625. The van der Waals surface area contributed by atoms with Crippen molar-refractivity contribution >= 4 is 17.7 Å². The summed E-state index contributed by atoms with van der Waals surface area (Å²) in [6, 6.07) is 8.11. The molecule has 31 heavy (non-hydrogen) atoms. The first-order chi connectivity index (χ1) is 14.9. The van der Waals surface area contributed by atoms with Gasteiger partial charge in [-0.05, 0) is 50.6 Å². The van der Waals surface area contributed by atoms with E-state index < -0.39 is 18.1 Å². The van der Waals surface area contributed by atoms with Crippen molar-refractivity contribution in [2.24, 2.45) is 5.92 Å². The van der Waals surface area contributed by atoms with Gasteiger partial charge < -0.3 is 21.3 Å². The number of amides is 3. The van der Waals surface area contributed by atoms with E-state index in [9.17, 15) is 14.4 Å². The van der Waals surface area contributed by atoms with Crippen LogP contribution < -0.4 is 21.3 Å². The molecule has 3 amide bonds. The van der Waals surface area contributed by atoms with E-state index in [1.807, 2.05) is 44.2 Å². The quantitative estimate of drug-likeness (QED) is 0.586. The van der Waals surface area contributed by atoms with Crippen molar-refractivity contribution in [1.29, 1.82) is 0 Å². The zero-order valence-electron chi connectivity index (χ0n) is 19.1. The summed E-state index contributed by atoms with van der Waals surface area (Å²) in [5.74, 6) is -0.453. The van der Waals surface area contributed by atoms with Crippen LogP contribution in [0.4, 0.5) is 0 Å². The molecular weight excluding hydrogens is 392 g/mol. The Balaban J connectivity index is 2.10. The van der Waals surface area contributed by atoms with Crippen LogP contribution in [0.3, 0.4) is 0 Å². The van der Waals surface area contributed by atoms with E-state index in [1.54, 1.807) is 6.92 Å². The second-order valence-corrected chi connectivity index (χ2v) is 8.82. The van der Waals surface area contributed by atoms with Gasteiger partial charge in [-0.1, -0.05) is 57.0 Å². The predicted octanol–water partition coefficient (Wildman–Crippen LogP) is 1.91. The van der Waals surface area contributed by atoms with Crippen LogP contribution in [-0.4, -0.2) is 48.9 Å². The lowest BCUT2D eigenvalue weighted by atomic mass is 10.0. The third-order valence-electron chi connectivity index (χ3n) is 5.48. The maximum Gasteiger partial charge on any atom is 0.242 e. The Kier molecular flexibility index (Phi) is 10.5. The summed E-state index contributed by atoms with van der Waals surface area (Å²) in [4.78, 5) is 38.3. The lowest BCUT2D eigenvalue weighted by Crippen LogP contribution is -2.56. The second-order valence-electron chi connectivity index (χ2n) is 8.82. The van der Waals surface area contributed by atoms with E-state index in [0.29, 0.717) is 19.4 Å². The van der Waals surface area contributed by atoms with Crippen LogP contribution in [0, 0.1) is 5.92 Å². The van der Waals surface area contributed by atoms with Crippen molar-refractivity contribution in [3.8, 4) is 0 Å². The molecule has 0 unspecified atom stereocenters. The molecule has 0 aromatic heterocycles. The van der Waals surface area contributed by atoms with Crippen LogP contribution in [0.2, 0.25) is 0 Å². The lowest BCUT2D eigenvalue weighted by molar-refractivity contribution is -0.132. The number of nitrogens with one attached hydrogen (secondary N) is 4. The highest BCUT2D eigenvalue weighted by Gasteiger charge is 2.27. The summed E-state index contributed by atoms with van der Waals surface area (Å²) in [6.07, 6.45) is 5.01. The Labute approximate surface area is 186 Å². The molecule has 1 aromatic rings. The summed E-state index contributed by atoms with van der Waals surface area (Å²) in [7, 11) is 0. The van der Waals surface area contributed by atoms with Crippen LogP contribution >= 0.6 is 0 Å². The zero-order chi connectivity index (χ0) is 22.6. The van der Waals surface area contributed by atoms with E-state index >= 15 is 0 Å². The molecule has 7 heteroatoms. The highest BCUT2D eigenvalue weighted by Crippen LogP contribution is 2.08. The first-order valence-corrected chi connectivity index (χ1v) is 11.5. The molecule has 1 aliphatic rings. The van der Waals surface area contributed by atoms with E-state index in [0.717, 1.165) is 37.8 Å². The molecule has 0 spiro atoms. The standard InChI is InChI=1S/C24H38N4O3/c1-17(2)15-21-23(30)26-14-10-5-4-9-13-25-20(16-19-11-7-6-8-12-19)24(31)27-18(3)22(29)28-21/h6-8,11-12,17-18,20-21,25H,4-5,9-10,13-16H2,1-3H3,(H,26,30)(H,27,31)(H,28,29)/t18-,20-,21+/m0/s1. The molecular formula is C24H38N4O3. The number of hydrogen-bond acceptors (Lipinski definition) is 4. The molecule has 1 aliphatic heterocycles. The molecule has 172 valence electrons. The Morgan fingerprint density at radius 1 is 0.839 bits per heavy atom. The third-order valence-corrected chi connectivity index (χ3v) is 5.48. The first kappa shape index (κ1) is 24.9. The van der Waals surface area contributed by atoms with Gasteiger partial charge in [-0.3, -0.25) is 14.4 Å². The highest BCUT2D eigenvalue weighted by atomic mass is 16.2. The van der Waals surface area contributed by atoms with Gasteiger partial charge in [-0.15, -0.1) is 0 Å². The topological polar surface area (TPSA) is 99.3 Å². The molecule has 1 heterocycles. The Morgan fingerprint density at radius 3 is 2.19 bits per heavy atom. The highest BCUT2D eigenvalue weighted by molar-refractivity contribution is 5.92. The molecule has 0 saturated carbocycles. The first-order valence-electron chi connectivity index (χ1n) is 11.5. The Hall–Kier alpha value is -2.41. The van der Waals surface area contributed by atoms with Gasteiger partial charge in [-0.2, -0.15) is 0 Å². The van der Waals surface area contributed by atoms with Crippen molar-refractivity contribution < 1.29 is 14.4 Å². The van der Waals surface area contributed by atoms with Crippen molar-refractivity contribution in [2.45, 2.75) is 77.4 Å². The molecule has 2 rings (SSSR count). The average Bonchev–Trinajstić information content (AvgIpc) is 2.73. The van der Waals surface area contributed by atoms with Gasteiger partial charge in [0.15, 0.2) is 0 Å². The summed E-state index contributed by atoms with van der Waals surface area (Å²) < 4.78 is 0. The molecule has 4 N–H and O–H groups in total. The molecule has 0 aliphatic carbocycles. The Bertz CT molecular complexity index is 708. The number of benzene rings is 1. The largest absolute Gasteiger partial charge is 0.354 e. The van der Waals surface area contributed by atoms with Gasteiger partial charge >= 0.3 is 0 Å². The molecule has 7 nitrogen and oxygen atoms in total. The van der Waals surface area contributed by atoms with Crippen LogP contribution in [0.15, 0.2) is 30.3 Å². The van der Waals surface area contributed by atoms with E-state index in [4.69, 9.17) is 0 Å². The zero-order valence-corrected chi connectivity index (χ0v) is 19.1. The Morgan fingerprint density at radius 2 is 1.52 bits per heavy atom. The van der Waals surface area contributed by atoms with Gasteiger partial charge in [0, 0.05) is 6.54 Å². The summed E-state index contributed by atoms with van der Waals surface area (Å²) in [5, 5.41) is 12.0. The molecule has 3 atom stereocenters. The summed E-state index contributed by atoms with van der Waals surface area (Å²) >= 11 is 0. The van der Waals surface area contributed by atoms with Crippen molar-refractivity contribution in [1.82, 2.24) is 21.3 Å². The number of carbonyl (C=O) groups is 3. The summed E-state index contributed by atoms with van der Waals surface area (Å²) in [5.41, 5.74) is 1.07. The van der Waals surface area contributed by atoms with Crippen LogP contribution in [-0.2, 0) is 20.8 Å². The SMILES string of the molecule is CC(C)C[C@H]1NC(=O)[C@H](C)NC(=O)[C@H](Cc2ccccc2)NCCCCCCNC1=O. The predicted molar refractivity (Wildman–Crippen MR) is 122 cm³/mol. The third kappa shape index (κ3) is 9.09. The van der Waals surface area contributed by atoms with E-state index in [-0.39, 0.29) is 23.6 Å². The van der Waals surface area contributed by atoms with Crippen LogP contribution in [0.25, 0.3) is 0 Å². The maximum absolute atomic E-state index is 13.0. The van der Waals surface area contributed by atoms with Gasteiger partial charge in [0.1, 0.15) is 12.1 Å². The fourth-order valence-electron chi connectivity index (χ4n) is 3.70. The minimum absolute atomic E-state index is 0.156. The van der Waals surface area contributed by atoms with E-state index in [1.165, 1.54) is 0 Å². The van der Waals surface area contributed by atoms with Gasteiger partial charge in [-0.25, -0.2) is 0 Å². The maximum atomic E-state index is 13.0. The lowest BCUT2D eigenvalue weighted by Gasteiger charge is -2.25. The molecule has 0 radical (unpaired) electrons. The fourth-order valence-corrected chi connectivity index (χ4v) is 3.70. The minimum Gasteiger partial charge on any atom is -0.354 e. The van der Waals surface area contributed by atoms with Crippen LogP contribution in [0.1, 0.15) is 58.4 Å². The van der Waals surface area contributed by atoms with Gasteiger partial charge in [0.05, 0.1) is 6.04 Å². The average molecular weight is 431 g/mol. The molecule has 1 aromatic carbocycles. The van der Waals surface area contributed by atoms with Crippen molar-refractivity contribution in [3.63, 3.8) is 0 Å². The monoisotopic (exact) mass is 430 g/mol. The van der Waals surface area contributed by atoms with Crippen LogP contribution in [0.5, 0.6) is 0 Å². The van der Waals surface area contributed by atoms with E-state index in [2.05, 4.69) is 21.3 Å². The molecule has 1 fully saturated rings. The van der Waals surface area contributed by atoms with Crippen molar-refractivity contribution in [3.05, 3.63) is 35.9 Å². The molecule has 1 saturated heterocycles. The second kappa shape index (κ2) is 13.1. The summed E-state index contributed by atoms with van der Waals surface area (Å²) in [6.45, 7) is 7.03. The van der Waals surface area contributed by atoms with Gasteiger partial charge in [0.2, 0.25) is 17.7 Å². The van der Waals surface area contributed by atoms with Crippen molar-refractivity contribution in [2.75, 3.05) is 13.1 Å². The number of rotatable bonds is 4. The molecule has 0 bridgehead atoms. The number of hydrogen-bond donors (Lipinski definition) is 4.